The predicted octanol–water partition coefficient (Wildman–Crippen LogP) is 3.83. The standard InChI is InChI=1S/C21H14ClF2N3O2/c22-13-2-1-11(6-25)3-12(13)15-5-17(28)18-16(26-15)4-14(23)20(19(18)24)27-7-21(8-27)9-29-10-21/h1-5H,7-10H2,(H,26,28). The minimum atomic E-state index is -0.875. The Morgan fingerprint density at radius 3 is 2.62 bits per heavy atom. The molecule has 2 saturated heterocycles. The number of nitriles is 1. The van der Waals surface area contributed by atoms with Crippen molar-refractivity contribution in [3.05, 3.63) is 62.8 Å². The summed E-state index contributed by atoms with van der Waals surface area (Å²) in [5.74, 6) is -1.62. The van der Waals surface area contributed by atoms with Crippen LogP contribution in [0.5, 0.6) is 0 Å². The number of rotatable bonds is 2. The van der Waals surface area contributed by atoms with E-state index in [0.29, 0.717) is 42.5 Å². The van der Waals surface area contributed by atoms with Crippen LogP contribution in [0.3, 0.4) is 0 Å². The van der Waals surface area contributed by atoms with Crippen LogP contribution in [-0.2, 0) is 4.74 Å². The van der Waals surface area contributed by atoms with Gasteiger partial charge in [0.1, 0.15) is 5.69 Å². The molecule has 1 spiro atoms. The second kappa shape index (κ2) is 6.28. The molecule has 0 amide bonds. The summed E-state index contributed by atoms with van der Waals surface area (Å²) in [5.41, 5.74) is 0.282. The highest BCUT2D eigenvalue weighted by atomic mass is 35.5. The number of aromatic nitrogens is 1. The van der Waals surface area contributed by atoms with E-state index in [1.165, 1.54) is 18.2 Å². The summed E-state index contributed by atoms with van der Waals surface area (Å²) in [4.78, 5) is 17.2. The molecule has 0 unspecified atom stereocenters. The monoisotopic (exact) mass is 413 g/mol. The van der Waals surface area contributed by atoms with Crippen LogP contribution in [0.4, 0.5) is 14.5 Å². The van der Waals surface area contributed by atoms with Crippen LogP contribution in [0.15, 0.2) is 35.1 Å². The summed E-state index contributed by atoms with van der Waals surface area (Å²) in [5, 5.41) is 9.20. The summed E-state index contributed by atoms with van der Waals surface area (Å²) in [7, 11) is 0. The van der Waals surface area contributed by atoms with Crippen LogP contribution in [0.1, 0.15) is 5.56 Å². The zero-order valence-corrected chi connectivity index (χ0v) is 15.8. The fourth-order valence-corrected chi connectivity index (χ4v) is 4.28. The minimum Gasteiger partial charge on any atom is -0.380 e. The molecule has 0 saturated carbocycles. The molecule has 2 fully saturated rings. The van der Waals surface area contributed by atoms with Gasteiger partial charge in [-0.3, -0.25) is 4.79 Å². The molecule has 1 aromatic heterocycles. The lowest BCUT2D eigenvalue weighted by Crippen LogP contribution is -2.66. The predicted molar refractivity (Wildman–Crippen MR) is 105 cm³/mol. The molecule has 146 valence electrons. The van der Waals surface area contributed by atoms with Crippen LogP contribution >= 0.6 is 11.6 Å². The van der Waals surface area contributed by atoms with E-state index in [9.17, 15) is 9.18 Å². The van der Waals surface area contributed by atoms with Crippen LogP contribution in [-0.4, -0.2) is 31.3 Å². The van der Waals surface area contributed by atoms with Gasteiger partial charge in [0.2, 0.25) is 0 Å². The third kappa shape index (κ3) is 2.71. The van der Waals surface area contributed by atoms with Gasteiger partial charge >= 0.3 is 0 Å². The van der Waals surface area contributed by atoms with Gasteiger partial charge in [-0.15, -0.1) is 0 Å². The Morgan fingerprint density at radius 1 is 1.21 bits per heavy atom. The number of halogens is 3. The Hall–Kier alpha value is -2.95. The van der Waals surface area contributed by atoms with Gasteiger partial charge in [-0.1, -0.05) is 11.6 Å². The fraction of sp³-hybridized carbons (Fsp3) is 0.238. The molecule has 2 aliphatic heterocycles. The summed E-state index contributed by atoms with van der Waals surface area (Å²) in [6.07, 6.45) is 0. The third-order valence-corrected chi connectivity index (χ3v) is 5.89. The van der Waals surface area contributed by atoms with E-state index >= 15 is 4.39 Å². The SMILES string of the molecule is N#Cc1ccc(Cl)c(-c2cc(=O)c3c(F)c(N4CC5(COC5)C4)c(F)cc3[nH]2)c1. The van der Waals surface area contributed by atoms with Gasteiger partial charge in [-0.2, -0.15) is 5.26 Å². The van der Waals surface area contributed by atoms with Gasteiger partial charge in [-0.25, -0.2) is 8.78 Å². The molecule has 2 aromatic carbocycles. The second-order valence-electron chi connectivity index (χ2n) is 7.65. The van der Waals surface area contributed by atoms with Crippen molar-refractivity contribution in [3.63, 3.8) is 0 Å². The van der Waals surface area contributed by atoms with Crippen molar-refractivity contribution in [2.45, 2.75) is 0 Å². The Kier molecular flexibility index (Phi) is 3.92. The molecule has 0 aliphatic carbocycles. The van der Waals surface area contributed by atoms with E-state index < -0.39 is 17.1 Å². The molecule has 1 N–H and O–H groups in total. The summed E-state index contributed by atoms with van der Waals surface area (Å²) in [6, 6.07) is 8.93. The molecular weight excluding hydrogens is 400 g/mol. The van der Waals surface area contributed by atoms with Gasteiger partial charge in [0.25, 0.3) is 0 Å². The van der Waals surface area contributed by atoms with Crippen LogP contribution < -0.4 is 10.3 Å². The third-order valence-electron chi connectivity index (χ3n) is 5.56. The van der Waals surface area contributed by atoms with E-state index in [0.717, 1.165) is 6.07 Å². The molecule has 0 radical (unpaired) electrons. The van der Waals surface area contributed by atoms with Gasteiger partial charge in [0.15, 0.2) is 17.1 Å². The lowest BCUT2D eigenvalue weighted by Gasteiger charge is -2.56. The number of nitrogens with zero attached hydrogens (tertiary/aromatic N) is 2. The fourth-order valence-electron chi connectivity index (χ4n) is 4.06. The molecule has 8 heteroatoms. The Labute approximate surface area is 169 Å². The first-order chi connectivity index (χ1) is 13.9. The van der Waals surface area contributed by atoms with Crippen LogP contribution in [0.2, 0.25) is 5.02 Å². The molecule has 3 aromatic rings. The van der Waals surface area contributed by atoms with Crippen molar-refractivity contribution < 1.29 is 13.5 Å². The normalized spacial score (nSPS) is 17.1. The number of H-pyrrole nitrogens is 1. The molecule has 29 heavy (non-hydrogen) atoms. The summed E-state index contributed by atoms with van der Waals surface area (Å²) < 4.78 is 35.1. The first kappa shape index (κ1) is 18.1. The van der Waals surface area contributed by atoms with Crippen molar-refractivity contribution in [1.82, 2.24) is 4.98 Å². The number of benzene rings is 2. The van der Waals surface area contributed by atoms with Crippen molar-refractivity contribution >= 4 is 28.2 Å². The average Bonchev–Trinajstić information content (AvgIpc) is 2.61. The Bertz CT molecular complexity index is 1270. The number of anilines is 1. The topological polar surface area (TPSA) is 69.1 Å². The number of nitrogens with one attached hydrogen (secondary N) is 1. The molecule has 5 nitrogen and oxygen atoms in total. The van der Waals surface area contributed by atoms with E-state index in [2.05, 4.69) is 4.98 Å². The lowest BCUT2D eigenvalue weighted by molar-refractivity contribution is -0.127. The highest BCUT2D eigenvalue weighted by Gasteiger charge is 2.50. The van der Waals surface area contributed by atoms with Crippen molar-refractivity contribution in [2.24, 2.45) is 5.41 Å². The van der Waals surface area contributed by atoms with Crippen molar-refractivity contribution in [3.8, 4) is 17.3 Å². The van der Waals surface area contributed by atoms with E-state index in [4.69, 9.17) is 21.6 Å². The highest BCUT2D eigenvalue weighted by molar-refractivity contribution is 6.33. The molecule has 5 rings (SSSR count). The first-order valence-corrected chi connectivity index (χ1v) is 9.36. The quantitative estimate of drug-likeness (QED) is 0.693. The highest BCUT2D eigenvalue weighted by Crippen LogP contribution is 2.42. The van der Waals surface area contributed by atoms with Gasteiger partial charge in [0.05, 0.1) is 46.9 Å². The largest absolute Gasteiger partial charge is 0.380 e. The average molecular weight is 414 g/mol. The van der Waals surface area contributed by atoms with E-state index in [1.54, 1.807) is 11.0 Å². The number of pyridine rings is 1. The molecule has 2 aliphatic rings. The summed E-state index contributed by atoms with van der Waals surface area (Å²) >= 11 is 6.20. The van der Waals surface area contributed by atoms with Gasteiger partial charge in [-0.05, 0) is 18.2 Å². The smallest absolute Gasteiger partial charge is 0.193 e. The molecule has 0 atom stereocenters. The van der Waals surface area contributed by atoms with Gasteiger partial charge in [0, 0.05) is 35.8 Å². The van der Waals surface area contributed by atoms with E-state index in [1.807, 2.05) is 6.07 Å². The minimum absolute atomic E-state index is 0.0212. The van der Waals surface area contributed by atoms with Crippen molar-refractivity contribution in [2.75, 3.05) is 31.2 Å². The Balaban J connectivity index is 1.63. The van der Waals surface area contributed by atoms with Crippen LogP contribution in [0.25, 0.3) is 22.2 Å². The van der Waals surface area contributed by atoms with Gasteiger partial charge < -0.3 is 14.6 Å². The van der Waals surface area contributed by atoms with Crippen molar-refractivity contribution in [1.29, 1.82) is 5.26 Å². The van der Waals surface area contributed by atoms with E-state index in [-0.39, 0.29) is 27.7 Å². The molecule has 0 bridgehead atoms. The maximum absolute atomic E-state index is 15.2. The number of ether oxygens (including phenoxy) is 1. The zero-order chi connectivity index (χ0) is 20.3. The number of hydrogen-bond acceptors (Lipinski definition) is 4. The number of fused-ring (bicyclic) bond motifs is 1. The second-order valence-corrected chi connectivity index (χ2v) is 8.05. The first-order valence-electron chi connectivity index (χ1n) is 8.99. The zero-order valence-electron chi connectivity index (χ0n) is 15.1. The molecule has 3 heterocycles. The Morgan fingerprint density at radius 2 is 1.97 bits per heavy atom. The maximum Gasteiger partial charge on any atom is 0.193 e. The number of hydrogen-bond donors (Lipinski definition) is 1. The summed E-state index contributed by atoms with van der Waals surface area (Å²) in [6.45, 7) is 2.18. The lowest BCUT2D eigenvalue weighted by atomic mass is 9.77. The maximum atomic E-state index is 15.2. The van der Waals surface area contributed by atoms with Crippen LogP contribution in [0, 0.1) is 28.4 Å². The molecular formula is C21H14ClF2N3O2. The number of aromatic amines is 1.